The Kier molecular flexibility index (Phi) is 5.93. The van der Waals surface area contributed by atoms with Gasteiger partial charge < -0.3 is 15.4 Å². The third kappa shape index (κ3) is 5.52. The van der Waals surface area contributed by atoms with Crippen LogP contribution < -0.4 is 15.4 Å². The molecule has 0 radical (unpaired) electrons. The number of hydrogen-bond acceptors (Lipinski definition) is 6. The van der Waals surface area contributed by atoms with Crippen LogP contribution in [-0.4, -0.2) is 15.0 Å². The lowest BCUT2D eigenvalue weighted by atomic mass is 10.2. The van der Waals surface area contributed by atoms with Crippen LogP contribution in [0.15, 0.2) is 91.3 Å². The number of rotatable bonds is 8. The monoisotopic (exact) mass is 383 g/mol. The van der Waals surface area contributed by atoms with Crippen molar-refractivity contribution in [2.45, 2.75) is 13.2 Å². The molecule has 0 fully saturated rings. The topological polar surface area (TPSA) is 72.0 Å². The van der Waals surface area contributed by atoms with Crippen molar-refractivity contribution in [2.24, 2.45) is 0 Å². The molecule has 2 heterocycles. The maximum absolute atomic E-state index is 5.82. The van der Waals surface area contributed by atoms with Crippen LogP contribution in [0.3, 0.4) is 0 Å². The quantitative estimate of drug-likeness (QED) is 0.455. The number of benzene rings is 2. The van der Waals surface area contributed by atoms with Gasteiger partial charge in [0.1, 0.15) is 18.2 Å². The number of anilines is 3. The molecule has 0 atom stereocenters. The van der Waals surface area contributed by atoms with Crippen LogP contribution in [0, 0.1) is 0 Å². The van der Waals surface area contributed by atoms with Gasteiger partial charge in [0, 0.05) is 18.1 Å². The number of aromatic nitrogens is 3. The molecule has 0 aliphatic carbocycles. The van der Waals surface area contributed by atoms with E-state index in [1.807, 2.05) is 78.9 Å². The first-order valence-corrected chi connectivity index (χ1v) is 9.36. The molecule has 4 rings (SSSR count). The average Bonchev–Trinajstić information content (AvgIpc) is 2.79. The molecular formula is C23H21N5O. The van der Waals surface area contributed by atoms with E-state index in [9.17, 15) is 0 Å². The summed E-state index contributed by atoms with van der Waals surface area (Å²) in [6, 6.07) is 25.5. The van der Waals surface area contributed by atoms with Crippen LogP contribution in [-0.2, 0) is 13.2 Å². The van der Waals surface area contributed by atoms with E-state index in [1.165, 1.54) is 0 Å². The van der Waals surface area contributed by atoms with Gasteiger partial charge >= 0.3 is 0 Å². The van der Waals surface area contributed by atoms with E-state index >= 15 is 0 Å². The third-order valence-corrected chi connectivity index (χ3v) is 4.19. The molecule has 4 aromatic rings. The van der Waals surface area contributed by atoms with E-state index in [0.29, 0.717) is 19.1 Å². The standard InChI is InChI=1S/C23H21N5O/c1-2-6-18(7-3-1)17-29-21-11-9-19(10-12-21)27-23-25-15-13-22(28-23)26-16-20-8-4-5-14-24-20/h1-15H,16-17H2,(H2,25,26,27,28). The van der Waals surface area contributed by atoms with Gasteiger partial charge in [0.25, 0.3) is 0 Å². The minimum atomic E-state index is 0.522. The summed E-state index contributed by atoms with van der Waals surface area (Å²) in [5, 5.41) is 6.47. The first-order chi connectivity index (χ1) is 14.3. The van der Waals surface area contributed by atoms with Crippen molar-refractivity contribution in [1.29, 1.82) is 0 Å². The normalized spacial score (nSPS) is 10.3. The Morgan fingerprint density at radius 3 is 2.38 bits per heavy atom. The van der Waals surface area contributed by atoms with Crippen molar-refractivity contribution in [2.75, 3.05) is 10.6 Å². The zero-order valence-corrected chi connectivity index (χ0v) is 15.8. The number of nitrogens with zero attached hydrogens (tertiary/aromatic N) is 3. The van der Waals surface area contributed by atoms with Crippen LogP contribution in [0.1, 0.15) is 11.3 Å². The summed E-state index contributed by atoms with van der Waals surface area (Å²) in [7, 11) is 0. The largest absolute Gasteiger partial charge is 0.489 e. The Bertz CT molecular complexity index is 1020. The molecule has 0 spiro atoms. The molecule has 6 heteroatoms. The maximum atomic E-state index is 5.82. The first kappa shape index (κ1) is 18.4. The zero-order valence-electron chi connectivity index (χ0n) is 15.8. The molecule has 0 aliphatic rings. The van der Waals surface area contributed by atoms with Crippen molar-refractivity contribution in [3.8, 4) is 5.75 Å². The molecule has 0 unspecified atom stereocenters. The Balaban J connectivity index is 1.33. The summed E-state index contributed by atoms with van der Waals surface area (Å²) in [5.74, 6) is 2.07. The summed E-state index contributed by atoms with van der Waals surface area (Å²) in [6.45, 7) is 1.14. The molecule has 0 bridgehead atoms. The highest BCUT2D eigenvalue weighted by Crippen LogP contribution is 2.20. The van der Waals surface area contributed by atoms with Crippen molar-refractivity contribution < 1.29 is 4.74 Å². The van der Waals surface area contributed by atoms with Crippen LogP contribution in [0.4, 0.5) is 17.5 Å². The van der Waals surface area contributed by atoms with Crippen LogP contribution in [0.5, 0.6) is 5.75 Å². The molecule has 0 amide bonds. The molecule has 0 saturated heterocycles. The molecule has 2 N–H and O–H groups in total. The van der Waals surface area contributed by atoms with E-state index in [-0.39, 0.29) is 0 Å². The van der Waals surface area contributed by atoms with Gasteiger partial charge in [-0.05, 0) is 48.0 Å². The van der Waals surface area contributed by atoms with Crippen molar-refractivity contribution in [1.82, 2.24) is 15.0 Å². The van der Waals surface area contributed by atoms with Gasteiger partial charge in [0.2, 0.25) is 5.95 Å². The fourth-order valence-electron chi connectivity index (χ4n) is 2.71. The predicted octanol–water partition coefficient (Wildman–Crippen LogP) is 4.81. The van der Waals surface area contributed by atoms with Crippen LogP contribution >= 0.6 is 0 Å². The fraction of sp³-hybridized carbons (Fsp3) is 0.0870. The zero-order chi connectivity index (χ0) is 19.7. The van der Waals surface area contributed by atoms with E-state index in [2.05, 4.69) is 25.6 Å². The van der Waals surface area contributed by atoms with E-state index in [4.69, 9.17) is 4.74 Å². The average molecular weight is 383 g/mol. The lowest BCUT2D eigenvalue weighted by Gasteiger charge is -2.10. The summed E-state index contributed by atoms with van der Waals surface area (Å²) in [4.78, 5) is 13.1. The van der Waals surface area contributed by atoms with Gasteiger partial charge in [0.15, 0.2) is 0 Å². The van der Waals surface area contributed by atoms with Crippen LogP contribution in [0.2, 0.25) is 0 Å². The molecule has 0 aliphatic heterocycles. The molecule has 6 nitrogen and oxygen atoms in total. The van der Waals surface area contributed by atoms with Gasteiger partial charge in [-0.1, -0.05) is 36.4 Å². The van der Waals surface area contributed by atoms with Crippen molar-refractivity contribution in [3.05, 3.63) is 103 Å². The molecule has 144 valence electrons. The minimum Gasteiger partial charge on any atom is -0.489 e. The van der Waals surface area contributed by atoms with Crippen molar-refractivity contribution in [3.63, 3.8) is 0 Å². The number of pyridine rings is 1. The minimum absolute atomic E-state index is 0.522. The van der Waals surface area contributed by atoms with Crippen molar-refractivity contribution >= 4 is 17.5 Å². The van der Waals surface area contributed by atoms with E-state index in [0.717, 1.165) is 28.5 Å². The van der Waals surface area contributed by atoms with Gasteiger partial charge in [0.05, 0.1) is 12.2 Å². The maximum Gasteiger partial charge on any atom is 0.229 e. The summed E-state index contributed by atoms with van der Waals surface area (Å²) < 4.78 is 5.82. The van der Waals surface area contributed by atoms with E-state index in [1.54, 1.807) is 12.4 Å². The third-order valence-electron chi connectivity index (χ3n) is 4.19. The SMILES string of the molecule is c1ccc(COc2ccc(Nc3nccc(NCc4ccccn4)n3)cc2)cc1. The predicted molar refractivity (Wildman–Crippen MR) is 114 cm³/mol. The Morgan fingerprint density at radius 1 is 0.759 bits per heavy atom. The molecular weight excluding hydrogens is 362 g/mol. The summed E-state index contributed by atoms with van der Waals surface area (Å²) in [5.41, 5.74) is 2.98. The smallest absolute Gasteiger partial charge is 0.229 e. The second-order valence-corrected chi connectivity index (χ2v) is 6.36. The molecule has 29 heavy (non-hydrogen) atoms. The number of hydrogen-bond donors (Lipinski definition) is 2. The number of nitrogens with one attached hydrogen (secondary N) is 2. The van der Waals surface area contributed by atoms with Gasteiger partial charge in [-0.3, -0.25) is 4.98 Å². The van der Waals surface area contributed by atoms with Gasteiger partial charge in [-0.15, -0.1) is 0 Å². The van der Waals surface area contributed by atoms with Gasteiger partial charge in [-0.2, -0.15) is 4.98 Å². The molecule has 2 aromatic heterocycles. The Morgan fingerprint density at radius 2 is 1.59 bits per heavy atom. The highest BCUT2D eigenvalue weighted by Gasteiger charge is 2.02. The second kappa shape index (κ2) is 9.32. The fourth-order valence-corrected chi connectivity index (χ4v) is 2.71. The highest BCUT2D eigenvalue weighted by atomic mass is 16.5. The molecule has 2 aromatic carbocycles. The summed E-state index contributed by atoms with van der Waals surface area (Å²) >= 11 is 0. The van der Waals surface area contributed by atoms with Gasteiger partial charge in [-0.25, -0.2) is 4.98 Å². The second-order valence-electron chi connectivity index (χ2n) is 6.36. The Labute approximate surface area is 169 Å². The highest BCUT2D eigenvalue weighted by molar-refractivity contribution is 5.55. The lowest BCUT2D eigenvalue weighted by molar-refractivity contribution is 0.306. The van der Waals surface area contributed by atoms with E-state index < -0.39 is 0 Å². The van der Waals surface area contributed by atoms with Crippen LogP contribution in [0.25, 0.3) is 0 Å². The lowest BCUT2D eigenvalue weighted by Crippen LogP contribution is -2.05. The summed E-state index contributed by atoms with van der Waals surface area (Å²) in [6.07, 6.45) is 3.49. The number of ether oxygens (including phenoxy) is 1. The molecule has 0 saturated carbocycles. The first-order valence-electron chi connectivity index (χ1n) is 9.36. The Hall–Kier alpha value is -3.93.